The molecule has 1 atom stereocenters. The average molecular weight is 243 g/mol. The number of aromatic hydroxyl groups is 1. The molecular formula is C13H21NO3. The maximum atomic E-state index is 7.98. The van der Waals surface area contributed by atoms with Crippen molar-refractivity contribution in [2.45, 2.75) is 39.0 Å². The first-order valence-corrected chi connectivity index (χ1v) is 5.56. The third-order valence-electron chi connectivity index (χ3n) is 2.34. The van der Waals surface area contributed by atoms with E-state index in [0.29, 0.717) is 11.1 Å². The molecule has 0 saturated carbocycles. The fraction of sp³-hybridized carbons (Fsp3) is 0.538. The van der Waals surface area contributed by atoms with Crippen molar-refractivity contribution in [3.8, 4) is 5.75 Å². The quantitative estimate of drug-likeness (QED) is 0.582. The number of hydrogen-bond acceptors (Lipinski definition) is 4. The Balaban J connectivity index is 2.97. The van der Waals surface area contributed by atoms with E-state index in [0.717, 1.165) is 0 Å². The van der Waals surface area contributed by atoms with Crippen LogP contribution < -0.4 is 5.31 Å². The SMILES string of the molecule is [2H]OCc1cc([C@H](CN([2H])C(C)(C)C)O[2H])ccc1O[2H]. The Labute approximate surface area is 108 Å². The van der Waals surface area contributed by atoms with Crippen LogP contribution in [0.1, 0.15) is 38.0 Å². The molecule has 0 spiro atoms. The first kappa shape index (κ1) is 8.91. The molecular weight excluding hydrogens is 218 g/mol. The van der Waals surface area contributed by atoms with Gasteiger partial charge in [-0.3, -0.25) is 0 Å². The summed E-state index contributed by atoms with van der Waals surface area (Å²) in [4.78, 5) is 0. The maximum absolute atomic E-state index is 7.98. The minimum atomic E-state index is -0.619. The average Bonchev–Trinajstić information content (AvgIpc) is 2.43. The van der Waals surface area contributed by atoms with Crippen molar-refractivity contribution in [1.29, 1.82) is 4.29 Å². The van der Waals surface area contributed by atoms with E-state index in [9.17, 15) is 0 Å². The molecule has 0 bridgehead atoms. The Morgan fingerprint density at radius 2 is 2.29 bits per heavy atom. The van der Waals surface area contributed by atoms with Gasteiger partial charge >= 0.3 is 0 Å². The summed E-state index contributed by atoms with van der Waals surface area (Å²) in [7, 11) is 0. The summed E-state index contributed by atoms with van der Waals surface area (Å²) in [6.07, 6.45) is -0.619. The van der Waals surface area contributed by atoms with E-state index in [1.807, 2.05) is 20.8 Å². The van der Waals surface area contributed by atoms with E-state index in [1.54, 1.807) is 18.2 Å². The zero-order chi connectivity index (χ0) is 16.0. The van der Waals surface area contributed by atoms with Gasteiger partial charge in [-0.2, -0.15) is 0 Å². The van der Waals surface area contributed by atoms with Crippen LogP contribution in [0.2, 0.25) is 1.41 Å². The van der Waals surface area contributed by atoms with E-state index in [4.69, 9.17) is 10.8 Å². The van der Waals surface area contributed by atoms with Gasteiger partial charge in [-0.1, -0.05) is 6.07 Å². The Hall–Kier alpha value is -1.10. The summed E-state index contributed by atoms with van der Waals surface area (Å²) < 4.78 is 29.0. The van der Waals surface area contributed by atoms with E-state index in [1.165, 1.54) is 5.31 Å². The summed E-state index contributed by atoms with van der Waals surface area (Å²) in [5, 5.41) is 14.8. The lowest BCUT2D eigenvalue weighted by atomic mass is 10.0. The molecule has 0 aromatic heterocycles. The van der Waals surface area contributed by atoms with Crippen molar-refractivity contribution in [3.05, 3.63) is 29.3 Å². The summed E-state index contributed by atoms with van der Waals surface area (Å²) in [5.74, 6) is 0.285. The van der Waals surface area contributed by atoms with Gasteiger partial charge in [-0.25, -0.2) is 0 Å². The molecule has 0 saturated heterocycles. The highest BCUT2D eigenvalue weighted by Crippen LogP contribution is 2.22. The number of phenols is 1. The second kappa shape index (κ2) is 5.49. The molecule has 0 fully saturated rings. The molecule has 1 aromatic rings. The monoisotopic (exact) mass is 243 g/mol. The first-order valence-electron chi connectivity index (χ1n) is 7.23. The summed E-state index contributed by atoms with van der Waals surface area (Å²) in [6.45, 7) is 5.89. The molecule has 0 unspecified atom stereocenters. The normalized spacial score (nSPS) is 16.9. The molecule has 0 aliphatic heterocycles. The highest BCUT2D eigenvalue weighted by Gasteiger charge is 2.14. The van der Waals surface area contributed by atoms with Gasteiger partial charge in [0.05, 0.1) is 12.7 Å². The molecule has 0 aliphatic carbocycles. The van der Waals surface area contributed by atoms with Crippen molar-refractivity contribution in [2.24, 2.45) is 0 Å². The zero-order valence-corrected chi connectivity index (χ0v) is 10.4. The van der Waals surface area contributed by atoms with Crippen molar-refractivity contribution in [2.75, 3.05) is 6.54 Å². The molecule has 4 N–H and O–H groups in total. The van der Waals surface area contributed by atoms with Crippen LogP contribution in [0.15, 0.2) is 18.2 Å². The number of nitrogens with one attached hydrogen (secondary N) is 1. The fourth-order valence-electron chi connectivity index (χ4n) is 1.37. The molecule has 0 heterocycles. The van der Waals surface area contributed by atoms with E-state index < -0.39 is 6.10 Å². The standard InChI is InChI=1S/C13H21NO3/c1-13(2,3)14-7-12(17)9-4-5-11(16)10(6-9)8-15/h4-6,12,14-17H,7-8H2,1-3H3/t12-/m0/s1/i15D,17D/hD2. The summed E-state index contributed by atoms with van der Waals surface area (Å²) in [5.41, 5.74) is 0.819. The number of benzene rings is 1. The number of β-amino-alcohol motifs (C(OH)–C–C–N with tert-alkyl or cyclic N) is 1. The van der Waals surface area contributed by atoms with Gasteiger partial charge in [0.2, 0.25) is 2.86 Å². The second-order valence-electron chi connectivity index (χ2n) is 5.01. The van der Waals surface area contributed by atoms with Crippen molar-refractivity contribution < 1.29 is 16.7 Å². The van der Waals surface area contributed by atoms with Crippen molar-refractivity contribution in [3.63, 3.8) is 0 Å². The number of aliphatic hydroxyl groups is 2. The van der Waals surface area contributed by atoms with Crippen molar-refractivity contribution in [1.82, 2.24) is 5.31 Å². The number of hydrogen-bond donors (Lipinski definition) is 4. The van der Waals surface area contributed by atoms with Crippen LogP contribution in [0.3, 0.4) is 0 Å². The van der Waals surface area contributed by atoms with Gasteiger partial charge in [-0.15, -0.1) is 0 Å². The van der Waals surface area contributed by atoms with Gasteiger partial charge in [0.15, 0.2) is 0 Å². The zero-order valence-electron chi connectivity index (χ0n) is 14.4. The highest BCUT2D eigenvalue weighted by atomic mass is 16.3. The molecule has 1 rings (SSSR count). The van der Waals surface area contributed by atoms with Gasteiger partial charge in [0.25, 0.3) is 1.43 Å². The van der Waals surface area contributed by atoms with Crippen LogP contribution in [0.4, 0.5) is 0 Å². The van der Waals surface area contributed by atoms with Crippen LogP contribution in [0.5, 0.6) is 5.75 Å². The summed E-state index contributed by atoms with van der Waals surface area (Å²) in [6, 6.07) is 4.90. The molecule has 17 heavy (non-hydrogen) atoms. The fourth-order valence-corrected chi connectivity index (χ4v) is 1.37. The third kappa shape index (κ3) is 4.34. The lowest BCUT2D eigenvalue weighted by Gasteiger charge is -2.23. The van der Waals surface area contributed by atoms with Crippen LogP contribution >= 0.6 is 0 Å². The molecule has 4 nitrogen and oxygen atoms in total. The molecule has 1 aromatic carbocycles. The third-order valence-corrected chi connectivity index (χ3v) is 2.34. The van der Waals surface area contributed by atoms with Gasteiger partial charge in [-0.05, 0) is 38.5 Å². The predicted molar refractivity (Wildman–Crippen MR) is 66.7 cm³/mol. The minimum absolute atomic E-state index is 0.0311. The second-order valence-corrected chi connectivity index (χ2v) is 5.01. The van der Waals surface area contributed by atoms with Gasteiger partial charge in [0.1, 0.15) is 7.16 Å². The van der Waals surface area contributed by atoms with Crippen LogP contribution in [-0.2, 0) is 6.61 Å². The smallest absolute Gasteiger partial charge is 0.293 e. The lowest BCUT2D eigenvalue weighted by molar-refractivity contribution is 0.163. The Morgan fingerprint density at radius 1 is 1.47 bits per heavy atom. The summed E-state index contributed by atoms with van der Waals surface area (Å²) >= 11 is 0. The maximum Gasteiger partial charge on any atom is 0.293 e. The van der Waals surface area contributed by atoms with Gasteiger partial charge in [0, 0.05) is 17.6 Å². The van der Waals surface area contributed by atoms with Crippen molar-refractivity contribution >= 4 is 0 Å². The molecule has 0 aliphatic rings. The van der Waals surface area contributed by atoms with E-state index >= 15 is 0 Å². The van der Waals surface area contributed by atoms with Crippen LogP contribution in [0.25, 0.3) is 0 Å². The Bertz CT molecular complexity index is 454. The first-order chi connectivity index (χ1) is 9.83. The molecule has 0 amide bonds. The highest BCUT2D eigenvalue weighted by molar-refractivity contribution is 5.36. The molecule has 4 heteroatoms. The van der Waals surface area contributed by atoms with Gasteiger partial charge < -0.3 is 20.6 Å². The minimum Gasteiger partial charge on any atom is -0.508 e. The largest absolute Gasteiger partial charge is 0.508 e. The number of aliphatic hydroxyl groups excluding tert-OH is 2. The lowest BCUT2D eigenvalue weighted by Crippen LogP contribution is -2.38. The number of rotatable bonds is 7. The van der Waals surface area contributed by atoms with E-state index in [-0.39, 0.29) is 24.4 Å². The molecule has 96 valence electrons. The molecule has 0 radical (unpaired) electrons. The van der Waals surface area contributed by atoms with Crippen LogP contribution in [-0.4, -0.2) is 31.7 Å². The van der Waals surface area contributed by atoms with E-state index in [2.05, 4.69) is 10.2 Å². The topological polar surface area (TPSA) is 72.7 Å². The predicted octanol–water partition coefficient (Wildman–Crippen LogP) is 1.31. The Kier molecular flexibility index (Phi) is 2.88. The van der Waals surface area contributed by atoms with Crippen LogP contribution in [0, 0.1) is 0 Å². The Morgan fingerprint density at radius 3 is 2.88 bits per heavy atom.